The Morgan fingerprint density at radius 3 is 2.55 bits per heavy atom. The summed E-state index contributed by atoms with van der Waals surface area (Å²) in [6.07, 6.45) is 0.649. The van der Waals surface area contributed by atoms with Crippen molar-refractivity contribution < 1.29 is 0 Å². The van der Waals surface area contributed by atoms with Gasteiger partial charge in [0, 0.05) is 11.4 Å². The maximum Gasteiger partial charge on any atom is 0.151 e. The first-order valence-electron chi connectivity index (χ1n) is 6.14. The molecule has 2 N–H and O–H groups in total. The third kappa shape index (κ3) is 2.57. The van der Waals surface area contributed by atoms with E-state index >= 15 is 0 Å². The zero-order chi connectivity index (χ0) is 14.1. The minimum atomic E-state index is 0.0123. The van der Waals surface area contributed by atoms with E-state index in [2.05, 4.69) is 10.1 Å². The lowest BCUT2D eigenvalue weighted by Crippen LogP contribution is -2.19. The number of hydrogen-bond donors (Lipinski definition) is 1. The molecule has 20 heavy (non-hydrogen) atoms. The van der Waals surface area contributed by atoms with Crippen molar-refractivity contribution in [3.63, 3.8) is 0 Å². The molecular formula is C14H12Cl2N4. The smallest absolute Gasteiger partial charge is 0.151 e. The number of anilines is 1. The monoisotopic (exact) mass is 306 g/mol. The molecule has 1 aromatic heterocycles. The van der Waals surface area contributed by atoms with Crippen molar-refractivity contribution in [1.82, 2.24) is 4.98 Å². The fourth-order valence-corrected chi connectivity index (χ4v) is 2.50. The van der Waals surface area contributed by atoms with Crippen LogP contribution in [-0.4, -0.2) is 10.8 Å². The molecule has 1 aromatic carbocycles. The minimum absolute atomic E-state index is 0.0123. The van der Waals surface area contributed by atoms with Gasteiger partial charge in [-0.15, -0.1) is 0 Å². The fraction of sp³-hybridized carbons (Fsp3) is 0.143. The van der Waals surface area contributed by atoms with E-state index < -0.39 is 0 Å². The van der Waals surface area contributed by atoms with Gasteiger partial charge in [-0.3, -0.25) is 0 Å². The zero-order valence-electron chi connectivity index (χ0n) is 10.5. The number of pyridine rings is 1. The van der Waals surface area contributed by atoms with E-state index in [1.165, 1.54) is 0 Å². The Morgan fingerprint density at radius 2 is 1.85 bits per heavy atom. The van der Waals surface area contributed by atoms with Gasteiger partial charge < -0.3 is 5.73 Å². The van der Waals surface area contributed by atoms with E-state index in [-0.39, 0.29) is 6.04 Å². The molecule has 4 nitrogen and oxygen atoms in total. The maximum absolute atomic E-state index is 5.94. The lowest BCUT2D eigenvalue weighted by molar-refractivity contribution is 0.698. The second-order valence-electron chi connectivity index (χ2n) is 4.53. The van der Waals surface area contributed by atoms with Crippen molar-refractivity contribution in [2.24, 2.45) is 10.8 Å². The number of rotatable bonds is 2. The number of hydrazone groups is 1. The molecule has 3 rings (SSSR count). The first kappa shape index (κ1) is 13.2. The van der Waals surface area contributed by atoms with Gasteiger partial charge in [-0.25, -0.2) is 9.99 Å². The SMILES string of the molecule is NC1=NN(c2cccc(Cl)n2)C(c2ccc(Cl)cc2)C1. The van der Waals surface area contributed by atoms with E-state index in [0.717, 1.165) is 5.56 Å². The van der Waals surface area contributed by atoms with Crippen LogP contribution in [0.3, 0.4) is 0 Å². The Kier molecular flexibility index (Phi) is 3.51. The molecule has 1 unspecified atom stereocenters. The minimum Gasteiger partial charge on any atom is -0.386 e. The second kappa shape index (κ2) is 5.31. The van der Waals surface area contributed by atoms with Crippen molar-refractivity contribution in [2.75, 3.05) is 5.01 Å². The van der Waals surface area contributed by atoms with Crippen LogP contribution in [0.1, 0.15) is 18.0 Å². The first-order chi connectivity index (χ1) is 9.63. The Balaban J connectivity index is 1.97. The van der Waals surface area contributed by atoms with Crippen LogP contribution >= 0.6 is 23.2 Å². The highest BCUT2D eigenvalue weighted by molar-refractivity contribution is 6.30. The average Bonchev–Trinajstić information content (AvgIpc) is 2.82. The van der Waals surface area contributed by atoms with Gasteiger partial charge in [0.25, 0.3) is 0 Å². The summed E-state index contributed by atoms with van der Waals surface area (Å²) < 4.78 is 0. The Labute approximate surface area is 126 Å². The van der Waals surface area contributed by atoms with Crippen LogP contribution < -0.4 is 10.7 Å². The van der Waals surface area contributed by atoms with Gasteiger partial charge in [0.1, 0.15) is 11.0 Å². The van der Waals surface area contributed by atoms with Gasteiger partial charge in [0.15, 0.2) is 5.82 Å². The molecule has 0 fully saturated rings. The van der Waals surface area contributed by atoms with Crippen molar-refractivity contribution in [2.45, 2.75) is 12.5 Å². The highest BCUT2D eigenvalue weighted by Crippen LogP contribution is 2.34. The predicted octanol–water partition coefficient (Wildman–Crippen LogP) is 3.61. The molecule has 1 aliphatic rings. The standard InChI is InChI=1S/C14H12Cl2N4/c15-10-6-4-9(5-7-10)11-8-13(17)19-20(11)14-3-1-2-12(16)18-14/h1-7,11H,8H2,(H2,17,19). The Hall–Kier alpha value is -1.78. The molecule has 0 radical (unpaired) electrons. The Bertz CT molecular complexity index is 654. The van der Waals surface area contributed by atoms with Crippen LogP contribution in [0.2, 0.25) is 10.2 Å². The van der Waals surface area contributed by atoms with E-state index in [1.54, 1.807) is 11.1 Å². The van der Waals surface area contributed by atoms with E-state index in [0.29, 0.717) is 28.3 Å². The van der Waals surface area contributed by atoms with Crippen LogP contribution in [0, 0.1) is 0 Å². The van der Waals surface area contributed by atoms with Gasteiger partial charge in [-0.05, 0) is 29.8 Å². The predicted molar refractivity (Wildman–Crippen MR) is 82.2 cm³/mol. The van der Waals surface area contributed by atoms with Crippen molar-refractivity contribution in [3.8, 4) is 0 Å². The van der Waals surface area contributed by atoms with Gasteiger partial charge >= 0.3 is 0 Å². The average molecular weight is 307 g/mol. The number of amidine groups is 1. The summed E-state index contributed by atoms with van der Waals surface area (Å²) in [4.78, 5) is 4.29. The highest BCUT2D eigenvalue weighted by atomic mass is 35.5. The number of nitrogens with zero attached hydrogens (tertiary/aromatic N) is 3. The van der Waals surface area contributed by atoms with Crippen LogP contribution in [0.4, 0.5) is 5.82 Å². The molecule has 0 aliphatic carbocycles. The van der Waals surface area contributed by atoms with Crippen LogP contribution in [0.5, 0.6) is 0 Å². The molecule has 0 amide bonds. The van der Waals surface area contributed by atoms with E-state index in [9.17, 15) is 0 Å². The lowest BCUT2D eigenvalue weighted by Gasteiger charge is -2.22. The van der Waals surface area contributed by atoms with E-state index in [1.807, 2.05) is 36.4 Å². The van der Waals surface area contributed by atoms with Crippen molar-refractivity contribution >= 4 is 34.9 Å². The van der Waals surface area contributed by atoms with Gasteiger partial charge in [0.05, 0.1) is 6.04 Å². The second-order valence-corrected chi connectivity index (χ2v) is 5.35. The van der Waals surface area contributed by atoms with Crippen LogP contribution in [-0.2, 0) is 0 Å². The first-order valence-corrected chi connectivity index (χ1v) is 6.89. The van der Waals surface area contributed by atoms with Gasteiger partial charge in [-0.2, -0.15) is 5.10 Å². The molecule has 0 spiro atoms. The zero-order valence-corrected chi connectivity index (χ0v) is 12.0. The lowest BCUT2D eigenvalue weighted by atomic mass is 10.0. The largest absolute Gasteiger partial charge is 0.386 e. The number of halogens is 2. The van der Waals surface area contributed by atoms with Gasteiger partial charge in [-0.1, -0.05) is 41.4 Å². The molecule has 2 aromatic rings. The third-order valence-corrected chi connectivity index (χ3v) is 3.59. The molecule has 1 aliphatic heterocycles. The fourth-order valence-electron chi connectivity index (χ4n) is 2.21. The van der Waals surface area contributed by atoms with Gasteiger partial charge in [0.2, 0.25) is 0 Å². The summed E-state index contributed by atoms with van der Waals surface area (Å²) >= 11 is 11.9. The number of hydrogen-bond acceptors (Lipinski definition) is 4. The topological polar surface area (TPSA) is 54.5 Å². The molecule has 0 bridgehead atoms. The molecule has 1 atom stereocenters. The number of benzene rings is 1. The third-order valence-electron chi connectivity index (χ3n) is 3.12. The summed E-state index contributed by atoms with van der Waals surface area (Å²) in [6.45, 7) is 0. The molecule has 6 heteroatoms. The molecule has 0 saturated heterocycles. The van der Waals surface area contributed by atoms with Crippen LogP contribution in [0.25, 0.3) is 0 Å². The molecule has 2 heterocycles. The highest BCUT2D eigenvalue weighted by Gasteiger charge is 2.28. The summed E-state index contributed by atoms with van der Waals surface area (Å²) in [7, 11) is 0. The summed E-state index contributed by atoms with van der Waals surface area (Å²) in [5, 5.41) is 7.28. The van der Waals surface area contributed by atoms with Crippen molar-refractivity contribution in [3.05, 3.63) is 58.2 Å². The Morgan fingerprint density at radius 1 is 1.10 bits per heavy atom. The number of nitrogens with two attached hydrogens (primary N) is 1. The normalized spacial score (nSPS) is 18.2. The summed E-state index contributed by atoms with van der Waals surface area (Å²) in [5.41, 5.74) is 6.96. The molecular weight excluding hydrogens is 295 g/mol. The number of aromatic nitrogens is 1. The van der Waals surface area contributed by atoms with Crippen molar-refractivity contribution in [1.29, 1.82) is 0 Å². The van der Waals surface area contributed by atoms with Crippen LogP contribution in [0.15, 0.2) is 47.6 Å². The summed E-state index contributed by atoms with van der Waals surface area (Å²) in [5.74, 6) is 1.25. The van der Waals surface area contributed by atoms with E-state index in [4.69, 9.17) is 28.9 Å². The summed E-state index contributed by atoms with van der Waals surface area (Å²) in [6, 6.07) is 13.1. The maximum atomic E-state index is 5.94. The molecule has 102 valence electrons. The quantitative estimate of drug-likeness (QED) is 0.862. The molecule has 0 saturated carbocycles.